The summed E-state index contributed by atoms with van der Waals surface area (Å²) in [5.41, 5.74) is 7.73. The Labute approximate surface area is 261 Å². The number of furan rings is 1. The quantitative estimate of drug-likeness (QED) is 0.205. The van der Waals surface area contributed by atoms with Gasteiger partial charge in [-0.3, -0.25) is 4.57 Å². The number of benzene rings is 6. The van der Waals surface area contributed by atoms with Gasteiger partial charge in [0.15, 0.2) is 0 Å². The van der Waals surface area contributed by atoms with Gasteiger partial charge in [-0.2, -0.15) is 4.98 Å². The highest BCUT2D eigenvalue weighted by molar-refractivity contribution is 7.26. The lowest BCUT2D eigenvalue weighted by Crippen LogP contribution is -2.03. The molecule has 10 rings (SSSR count). The largest absolute Gasteiger partial charge is 0.437 e. The van der Waals surface area contributed by atoms with Crippen molar-refractivity contribution in [3.63, 3.8) is 0 Å². The summed E-state index contributed by atoms with van der Waals surface area (Å²) in [6, 6.07) is 48.9. The van der Waals surface area contributed by atoms with Gasteiger partial charge in [0.25, 0.3) is 0 Å². The van der Waals surface area contributed by atoms with Crippen LogP contribution in [0.1, 0.15) is 0 Å². The molecule has 0 atom stereocenters. The molecule has 0 saturated heterocycles. The van der Waals surface area contributed by atoms with Gasteiger partial charge >= 0.3 is 0 Å². The van der Waals surface area contributed by atoms with E-state index in [2.05, 4.69) is 120 Å². The topological polar surface area (TPSA) is 43.9 Å². The van der Waals surface area contributed by atoms with Crippen molar-refractivity contribution < 1.29 is 4.42 Å². The summed E-state index contributed by atoms with van der Waals surface area (Å²) < 4.78 is 11.2. The fraction of sp³-hybridized carbons (Fsp3) is 0. The van der Waals surface area contributed by atoms with Crippen molar-refractivity contribution in [1.29, 1.82) is 0 Å². The minimum Gasteiger partial charge on any atom is -0.437 e. The van der Waals surface area contributed by atoms with Gasteiger partial charge in [0.2, 0.25) is 11.7 Å². The Morgan fingerprint density at radius 1 is 0.511 bits per heavy atom. The summed E-state index contributed by atoms with van der Waals surface area (Å²) in [7, 11) is 0. The highest BCUT2D eigenvalue weighted by Gasteiger charge is 2.23. The van der Waals surface area contributed by atoms with Crippen molar-refractivity contribution in [2.45, 2.75) is 0 Å². The average molecular weight is 594 g/mol. The molecule has 0 spiro atoms. The molecule has 4 aromatic heterocycles. The van der Waals surface area contributed by atoms with Gasteiger partial charge in [0, 0.05) is 41.9 Å². The third-order valence-corrected chi connectivity index (χ3v) is 9.98. The maximum atomic E-state index is 6.47. The molecular weight excluding hydrogens is 571 g/mol. The lowest BCUT2D eigenvalue weighted by Gasteiger charge is -2.11. The van der Waals surface area contributed by atoms with Gasteiger partial charge < -0.3 is 4.42 Å². The van der Waals surface area contributed by atoms with Gasteiger partial charge in [-0.25, -0.2) is 4.98 Å². The van der Waals surface area contributed by atoms with Crippen LogP contribution in [0.2, 0.25) is 0 Å². The van der Waals surface area contributed by atoms with Crippen LogP contribution >= 0.6 is 11.3 Å². The highest BCUT2D eigenvalue weighted by atomic mass is 32.1. The standard InChI is InChI=1S/C40H23N3OS/c1-2-11-24(12-3-1)25-13-10-14-26(23-25)37-36-29-16-5-8-19-32(29)44-39(36)42-40(41-37)43-31-18-7-4-15-27(31)28-21-22-34-35(38(28)43)30-17-6-9-20-33(30)45-34/h1-23H. The zero-order valence-electron chi connectivity index (χ0n) is 23.9. The maximum Gasteiger partial charge on any atom is 0.238 e. The van der Waals surface area contributed by atoms with Crippen LogP contribution in [0.15, 0.2) is 144 Å². The van der Waals surface area contributed by atoms with Crippen molar-refractivity contribution in [1.82, 2.24) is 14.5 Å². The minimum atomic E-state index is 0.578. The van der Waals surface area contributed by atoms with E-state index in [-0.39, 0.29) is 0 Å². The van der Waals surface area contributed by atoms with Gasteiger partial charge in [0.05, 0.1) is 22.1 Å². The normalized spacial score (nSPS) is 12.0. The molecule has 0 aliphatic heterocycles. The Morgan fingerprint density at radius 2 is 1.24 bits per heavy atom. The first kappa shape index (κ1) is 24.6. The molecule has 5 heteroatoms. The fourth-order valence-corrected chi connectivity index (χ4v) is 7.98. The number of nitrogens with zero attached hydrogens (tertiary/aromatic N) is 3. The first-order chi connectivity index (χ1) is 22.3. The summed E-state index contributed by atoms with van der Waals surface area (Å²) in [4.78, 5) is 10.6. The lowest BCUT2D eigenvalue weighted by atomic mass is 10.00. The molecule has 0 aliphatic rings. The summed E-state index contributed by atoms with van der Waals surface area (Å²) >= 11 is 1.82. The van der Waals surface area contributed by atoms with Crippen molar-refractivity contribution >= 4 is 75.4 Å². The zero-order chi connectivity index (χ0) is 29.5. The maximum absolute atomic E-state index is 6.47. The zero-order valence-corrected chi connectivity index (χ0v) is 24.8. The van der Waals surface area contributed by atoms with E-state index in [1.807, 2.05) is 35.6 Å². The van der Waals surface area contributed by atoms with E-state index in [1.165, 1.54) is 30.9 Å². The van der Waals surface area contributed by atoms with Crippen LogP contribution < -0.4 is 0 Å². The third kappa shape index (κ3) is 3.59. The molecule has 210 valence electrons. The molecule has 4 nitrogen and oxygen atoms in total. The Hall–Kier alpha value is -5.78. The third-order valence-electron chi connectivity index (χ3n) is 8.84. The Balaban J connectivity index is 1.35. The average Bonchev–Trinajstić information content (AvgIpc) is 3.77. The van der Waals surface area contributed by atoms with Crippen molar-refractivity contribution in [3.05, 3.63) is 140 Å². The summed E-state index contributed by atoms with van der Waals surface area (Å²) in [6.45, 7) is 0. The molecule has 6 aromatic carbocycles. The van der Waals surface area contributed by atoms with Gasteiger partial charge in [0.1, 0.15) is 5.58 Å². The number of hydrogen-bond acceptors (Lipinski definition) is 4. The molecular formula is C40H23N3OS. The molecule has 0 amide bonds. The first-order valence-electron chi connectivity index (χ1n) is 15.0. The van der Waals surface area contributed by atoms with Crippen LogP contribution in [0.5, 0.6) is 0 Å². The van der Waals surface area contributed by atoms with Crippen LogP contribution in [0.3, 0.4) is 0 Å². The second-order valence-corrected chi connectivity index (χ2v) is 12.5. The Bertz CT molecular complexity index is 2770. The molecule has 45 heavy (non-hydrogen) atoms. The molecule has 0 aliphatic carbocycles. The van der Waals surface area contributed by atoms with E-state index in [0.29, 0.717) is 11.7 Å². The lowest BCUT2D eigenvalue weighted by molar-refractivity contribution is 0.651. The second-order valence-electron chi connectivity index (χ2n) is 11.4. The smallest absolute Gasteiger partial charge is 0.238 e. The summed E-state index contributed by atoms with van der Waals surface area (Å²) in [5.74, 6) is 0.593. The van der Waals surface area contributed by atoms with E-state index < -0.39 is 0 Å². The second kappa shape index (κ2) is 9.36. The highest BCUT2D eigenvalue weighted by Crippen LogP contribution is 2.43. The number of aromatic nitrogens is 3. The van der Waals surface area contributed by atoms with Crippen LogP contribution in [0, 0.1) is 0 Å². The minimum absolute atomic E-state index is 0.578. The van der Waals surface area contributed by atoms with Gasteiger partial charge in [-0.1, -0.05) is 109 Å². The number of para-hydroxylation sites is 2. The van der Waals surface area contributed by atoms with Crippen LogP contribution in [-0.2, 0) is 0 Å². The van der Waals surface area contributed by atoms with E-state index in [1.54, 1.807) is 0 Å². The van der Waals surface area contributed by atoms with Crippen molar-refractivity contribution in [2.24, 2.45) is 0 Å². The van der Waals surface area contributed by atoms with Crippen molar-refractivity contribution in [3.8, 4) is 28.3 Å². The fourth-order valence-electron chi connectivity index (χ4n) is 6.87. The summed E-state index contributed by atoms with van der Waals surface area (Å²) in [5, 5.41) is 6.75. The molecule has 10 aromatic rings. The SMILES string of the molecule is c1ccc(-c2cccc(-c3nc(-n4c5ccccc5c5ccc6sc7ccccc7c6c54)nc4oc5ccccc5c34)c2)cc1. The monoisotopic (exact) mass is 593 g/mol. The molecule has 0 radical (unpaired) electrons. The number of rotatable bonds is 3. The first-order valence-corrected chi connectivity index (χ1v) is 15.8. The number of hydrogen-bond donors (Lipinski definition) is 0. The van der Waals surface area contributed by atoms with Crippen molar-refractivity contribution in [2.75, 3.05) is 0 Å². The predicted molar refractivity (Wildman–Crippen MR) is 187 cm³/mol. The van der Waals surface area contributed by atoms with E-state index in [0.717, 1.165) is 49.8 Å². The van der Waals surface area contributed by atoms with Gasteiger partial charge in [-0.05, 0) is 41.5 Å². The molecule has 0 bridgehead atoms. The molecule has 4 heterocycles. The Morgan fingerprint density at radius 3 is 2.16 bits per heavy atom. The number of fused-ring (bicyclic) bond motifs is 10. The van der Waals surface area contributed by atoms with Crippen LogP contribution in [0.25, 0.3) is 92.4 Å². The van der Waals surface area contributed by atoms with E-state index in [4.69, 9.17) is 14.4 Å². The molecule has 0 saturated carbocycles. The van der Waals surface area contributed by atoms with E-state index in [9.17, 15) is 0 Å². The molecule has 0 fully saturated rings. The van der Waals surface area contributed by atoms with Crippen LogP contribution in [0.4, 0.5) is 0 Å². The van der Waals surface area contributed by atoms with E-state index >= 15 is 0 Å². The number of thiophene rings is 1. The predicted octanol–water partition coefficient (Wildman–Crippen LogP) is 11.2. The van der Waals surface area contributed by atoms with Crippen LogP contribution in [-0.4, -0.2) is 14.5 Å². The summed E-state index contributed by atoms with van der Waals surface area (Å²) in [6.07, 6.45) is 0. The van der Waals surface area contributed by atoms with Gasteiger partial charge in [-0.15, -0.1) is 11.3 Å². The molecule has 0 unspecified atom stereocenters. The Kier molecular flexibility index (Phi) is 5.12. The molecule has 0 N–H and O–H groups in total.